The number of rotatable bonds is 3. The molecule has 3 rings (SSSR count). The van der Waals surface area contributed by atoms with E-state index in [9.17, 15) is 0 Å². The van der Waals surface area contributed by atoms with Crippen molar-refractivity contribution in [2.45, 2.75) is 12.8 Å². The van der Waals surface area contributed by atoms with Gasteiger partial charge in [-0.3, -0.25) is 4.40 Å². The molecule has 0 unspecified atom stereocenters. The fourth-order valence-corrected chi connectivity index (χ4v) is 2.70. The highest BCUT2D eigenvalue weighted by atomic mass is 35.5. The molecule has 0 spiro atoms. The Balaban J connectivity index is 2.27. The van der Waals surface area contributed by atoms with Crippen molar-refractivity contribution in [3.05, 3.63) is 53.9 Å². The Labute approximate surface area is 122 Å². The summed E-state index contributed by atoms with van der Waals surface area (Å²) in [6.45, 7) is 2.06. The van der Waals surface area contributed by atoms with E-state index in [0.29, 0.717) is 5.88 Å². The van der Waals surface area contributed by atoms with Crippen molar-refractivity contribution < 1.29 is 4.74 Å². The van der Waals surface area contributed by atoms with E-state index < -0.39 is 0 Å². The number of aromatic nitrogens is 2. The maximum atomic E-state index is 6.16. The number of alkyl halides is 1. The summed E-state index contributed by atoms with van der Waals surface area (Å²) >= 11 is 6.16. The van der Waals surface area contributed by atoms with Gasteiger partial charge < -0.3 is 4.74 Å². The maximum Gasteiger partial charge on any atom is 0.137 e. The smallest absolute Gasteiger partial charge is 0.137 e. The molecule has 20 heavy (non-hydrogen) atoms. The average Bonchev–Trinajstić information content (AvgIpc) is 2.87. The minimum Gasteiger partial charge on any atom is -0.497 e. The molecule has 1 aromatic carbocycles. The quantitative estimate of drug-likeness (QED) is 0.679. The minimum absolute atomic E-state index is 0.415. The predicted octanol–water partition coefficient (Wildman–Crippen LogP) is 4.06. The molecule has 0 aliphatic rings. The molecule has 0 saturated carbocycles. The largest absolute Gasteiger partial charge is 0.497 e. The third kappa shape index (κ3) is 2.04. The molecule has 0 atom stereocenters. The summed E-state index contributed by atoms with van der Waals surface area (Å²) in [6, 6.07) is 13.9. The molecule has 0 N–H and O–H groups in total. The van der Waals surface area contributed by atoms with Gasteiger partial charge in [0, 0.05) is 11.3 Å². The van der Waals surface area contributed by atoms with Crippen LogP contribution in [-0.4, -0.2) is 16.5 Å². The van der Waals surface area contributed by atoms with Gasteiger partial charge in [-0.2, -0.15) is 0 Å². The number of fused-ring (bicyclic) bond motifs is 1. The monoisotopic (exact) mass is 286 g/mol. The van der Waals surface area contributed by atoms with Crippen LogP contribution >= 0.6 is 11.6 Å². The first-order valence-electron chi connectivity index (χ1n) is 6.42. The zero-order chi connectivity index (χ0) is 14.1. The third-order valence-corrected chi connectivity index (χ3v) is 3.66. The number of benzene rings is 1. The molecule has 0 fully saturated rings. The Morgan fingerprint density at radius 1 is 1.20 bits per heavy atom. The molecule has 102 valence electrons. The van der Waals surface area contributed by atoms with Gasteiger partial charge in [-0.25, -0.2) is 4.98 Å². The van der Waals surface area contributed by atoms with Gasteiger partial charge in [-0.1, -0.05) is 18.2 Å². The number of pyridine rings is 1. The van der Waals surface area contributed by atoms with Crippen LogP contribution in [0.4, 0.5) is 0 Å². The van der Waals surface area contributed by atoms with Crippen LogP contribution in [0, 0.1) is 6.92 Å². The van der Waals surface area contributed by atoms with Crippen molar-refractivity contribution in [3.63, 3.8) is 0 Å². The first-order valence-corrected chi connectivity index (χ1v) is 6.95. The van der Waals surface area contributed by atoms with Crippen LogP contribution < -0.4 is 4.74 Å². The molecule has 4 heteroatoms. The van der Waals surface area contributed by atoms with E-state index in [0.717, 1.165) is 34.0 Å². The Morgan fingerprint density at radius 3 is 2.75 bits per heavy atom. The second kappa shape index (κ2) is 5.17. The van der Waals surface area contributed by atoms with Crippen LogP contribution in [0.2, 0.25) is 0 Å². The normalized spacial score (nSPS) is 10.9. The highest BCUT2D eigenvalue weighted by Gasteiger charge is 2.14. The molecule has 0 amide bonds. The van der Waals surface area contributed by atoms with E-state index >= 15 is 0 Å². The van der Waals surface area contributed by atoms with Crippen molar-refractivity contribution in [2.75, 3.05) is 7.11 Å². The predicted molar refractivity (Wildman–Crippen MR) is 81.5 cm³/mol. The molecule has 0 aliphatic carbocycles. The van der Waals surface area contributed by atoms with Gasteiger partial charge >= 0.3 is 0 Å². The van der Waals surface area contributed by atoms with E-state index in [1.165, 1.54) is 0 Å². The SMILES string of the molecule is COc1cccc(-c2nc3cccc(C)n3c2CCl)c1. The molecular weight excluding hydrogens is 272 g/mol. The third-order valence-electron chi connectivity index (χ3n) is 3.40. The molecule has 2 heterocycles. The molecule has 2 aromatic heterocycles. The van der Waals surface area contributed by atoms with Crippen molar-refractivity contribution in [1.82, 2.24) is 9.38 Å². The molecule has 0 bridgehead atoms. The Kier molecular flexibility index (Phi) is 3.36. The highest BCUT2D eigenvalue weighted by molar-refractivity contribution is 6.17. The second-order valence-corrected chi connectivity index (χ2v) is 4.90. The number of hydrogen-bond acceptors (Lipinski definition) is 2. The van der Waals surface area contributed by atoms with Gasteiger partial charge in [0.2, 0.25) is 0 Å². The average molecular weight is 287 g/mol. The molecule has 3 aromatic rings. The number of imidazole rings is 1. The standard InChI is InChI=1S/C16H15ClN2O/c1-11-5-3-8-15-18-16(14(10-17)19(11)15)12-6-4-7-13(9-12)20-2/h3-9H,10H2,1-2H3. The Bertz CT molecular complexity index is 764. The molecule has 0 saturated heterocycles. The van der Waals surface area contributed by atoms with Crippen molar-refractivity contribution >= 4 is 17.2 Å². The summed E-state index contributed by atoms with van der Waals surface area (Å²) in [7, 11) is 1.66. The lowest BCUT2D eigenvalue weighted by molar-refractivity contribution is 0.415. The van der Waals surface area contributed by atoms with Crippen molar-refractivity contribution in [2.24, 2.45) is 0 Å². The fourth-order valence-electron chi connectivity index (χ4n) is 2.45. The Hall–Kier alpha value is -2.00. The van der Waals surface area contributed by atoms with Gasteiger partial charge in [0.25, 0.3) is 0 Å². The van der Waals surface area contributed by atoms with E-state index in [1.54, 1.807) is 7.11 Å². The van der Waals surface area contributed by atoms with Crippen LogP contribution in [-0.2, 0) is 5.88 Å². The summed E-state index contributed by atoms with van der Waals surface area (Å²) in [4.78, 5) is 4.71. The van der Waals surface area contributed by atoms with Crippen LogP contribution in [0.3, 0.4) is 0 Å². The number of methoxy groups -OCH3 is 1. The van der Waals surface area contributed by atoms with E-state index in [4.69, 9.17) is 21.3 Å². The lowest BCUT2D eigenvalue weighted by Gasteiger charge is -2.05. The van der Waals surface area contributed by atoms with Gasteiger partial charge in [0.05, 0.1) is 24.4 Å². The Morgan fingerprint density at radius 2 is 2.00 bits per heavy atom. The molecule has 0 radical (unpaired) electrons. The topological polar surface area (TPSA) is 26.5 Å². The molecule has 3 nitrogen and oxygen atoms in total. The second-order valence-electron chi connectivity index (χ2n) is 4.63. The van der Waals surface area contributed by atoms with Crippen LogP contribution in [0.25, 0.3) is 16.9 Å². The number of ether oxygens (including phenoxy) is 1. The van der Waals surface area contributed by atoms with Crippen LogP contribution in [0.5, 0.6) is 5.75 Å². The summed E-state index contributed by atoms with van der Waals surface area (Å²) in [5.74, 6) is 1.23. The van der Waals surface area contributed by atoms with Gasteiger partial charge in [-0.15, -0.1) is 11.6 Å². The van der Waals surface area contributed by atoms with Crippen molar-refractivity contribution in [3.8, 4) is 17.0 Å². The zero-order valence-corrected chi connectivity index (χ0v) is 12.2. The molecule has 0 aliphatic heterocycles. The van der Waals surface area contributed by atoms with Gasteiger partial charge in [0.1, 0.15) is 11.4 Å². The first-order chi connectivity index (χ1) is 9.74. The van der Waals surface area contributed by atoms with Crippen LogP contribution in [0.15, 0.2) is 42.5 Å². The van der Waals surface area contributed by atoms with E-state index in [2.05, 4.69) is 17.4 Å². The summed E-state index contributed by atoms with van der Waals surface area (Å²) in [5.41, 5.74) is 4.97. The summed E-state index contributed by atoms with van der Waals surface area (Å²) in [6.07, 6.45) is 0. The number of aryl methyl sites for hydroxylation is 1. The molecular formula is C16H15ClN2O. The number of hydrogen-bond donors (Lipinski definition) is 0. The number of halogens is 1. The zero-order valence-electron chi connectivity index (χ0n) is 11.4. The number of nitrogens with zero attached hydrogens (tertiary/aromatic N) is 2. The fraction of sp³-hybridized carbons (Fsp3) is 0.188. The van der Waals surface area contributed by atoms with Crippen molar-refractivity contribution in [1.29, 1.82) is 0 Å². The first kappa shape index (κ1) is 13.0. The lowest BCUT2D eigenvalue weighted by Crippen LogP contribution is -1.95. The van der Waals surface area contributed by atoms with E-state index in [-0.39, 0.29) is 0 Å². The van der Waals surface area contributed by atoms with Crippen LogP contribution in [0.1, 0.15) is 11.4 Å². The maximum absolute atomic E-state index is 6.16. The highest BCUT2D eigenvalue weighted by Crippen LogP contribution is 2.29. The minimum atomic E-state index is 0.415. The van der Waals surface area contributed by atoms with Gasteiger partial charge in [0.15, 0.2) is 0 Å². The van der Waals surface area contributed by atoms with Gasteiger partial charge in [-0.05, 0) is 31.2 Å². The van der Waals surface area contributed by atoms with E-state index in [1.807, 2.05) is 36.4 Å². The lowest BCUT2D eigenvalue weighted by atomic mass is 10.1. The summed E-state index contributed by atoms with van der Waals surface area (Å²) in [5, 5.41) is 0. The summed E-state index contributed by atoms with van der Waals surface area (Å²) < 4.78 is 7.38.